The van der Waals surface area contributed by atoms with Crippen molar-refractivity contribution in [3.8, 4) is 5.75 Å². The van der Waals surface area contributed by atoms with Crippen molar-refractivity contribution < 1.29 is 9.84 Å². The first-order valence-electron chi connectivity index (χ1n) is 6.34. The van der Waals surface area contributed by atoms with Crippen molar-refractivity contribution in [1.29, 1.82) is 0 Å². The second kappa shape index (κ2) is 7.28. The highest BCUT2D eigenvalue weighted by Crippen LogP contribution is 2.13. The first-order valence-corrected chi connectivity index (χ1v) is 7.28. The van der Waals surface area contributed by atoms with Gasteiger partial charge in [-0.3, -0.25) is 0 Å². The maximum atomic E-state index is 9.82. The third kappa shape index (κ3) is 4.67. The lowest BCUT2D eigenvalue weighted by Gasteiger charge is -2.13. The Bertz CT molecular complexity index is 484. The lowest BCUT2D eigenvalue weighted by atomic mass is 10.2. The van der Waals surface area contributed by atoms with E-state index in [1.807, 2.05) is 30.3 Å². The van der Waals surface area contributed by atoms with Crippen LogP contribution in [0.25, 0.3) is 0 Å². The maximum absolute atomic E-state index is 9.82. The van der Waals surface area contributed by atoms with E-state index in [2.05, 4.69) is 23.0 Å². The number of aryl methyl sites for hydroxylation is 1. The van der Waals surface area contributed by atoms with Crippen molar-refractivity contribution in [1.82, 2.24) is 5.32 Å². The summed E-state index contributed by atoms with van der Waals surface area (Å²) in [6.45, 7) is 3.72. The molecule has 1 heterocycles. The summed E-state index contributed by atoms with van der Waals surface area (Å²) in [5.74, 6) is 0.787. The van der Waals surface area contributed by atoms with E-state index in [9.17, 15) is 5.11 Å². The number of ether oxygens (including phenoxy) is 1. The molecule has 102 valence electrons. The van der Waals surface area contributed by atoms with Gasteiger partial charge in [-0.1, -0.05) is 18.2 Å². The van der Waals surface area contributed by atoms with Crippen molar-refractivity contribution >= 4 is 11.3 Å². The Morgan fingerprint density at radius 1 is 1.26 bits per heavy atom. The lowest BCUT2D eigenvalue weighted by molar-refractivity contribution is 0.106. The van der Waals surface area contributed by atoms with E-state index in [4.69, 9.17) is 4.74 Å². The zero-order chi connectivity index (χ0) is 13.5. The van der Waals surface area contributed by atoms with Crippen LogP contribution in [0.2, 0.25) is 0 Å². The van der Waals surface area contributed by atoms with E-state index in [-0.39, 0.29) is 0 Å². The Labute approximate surface area is 117 Å². The molecule has 0 aliphatic carbocycles. The Hall–Kier alpha value is -1.36. The summed E-state index contributed by atoms with van der Waals surface area (Å²) in [7, 11) is 0. The van der Waals surface area contributed by atoms with Crippen LogP contribution in [0.4, 0.5) is 0 Å². The van der Waals surface area contributed by atoms with Crippen molar-refractivity contribution in [2.75, 3.05) is 13.2 Å². The van der Waals surface area contributed by atoms with Crippen molar-refractivity contribution in [2.45, 2.75) is 19.6 Å². The molecule has 0 saturated heterocycles. The standard InChI is InChI=1S/C15H19NO2S/c1-12-10-19-11-13(12)7-16-8-14(17)9-18-15-5-3-2-4-6-15/h2-6,10-11,14,16-17H,7-9H2,1H3. The minimum absolute atomic E-state index is 0.305. The van der Waals surface area contributed by atoms with Gasteiger partial charge in [0, 0.05) is 13.1 Å². The van der Waals surface area contributed by atoms with Gasteiger partial charge < -0.3 is 15.2 Å². The second-order valence-corrected chi connectivity index (χ2v) is 5.23. The molecular formula is C15H19NO2S. The van der Waals surface area contributed by atoms with E-state index in [1.165, 1.54) is 11.1 Å². The van der Waals surface area contributed by atoms with Crippen molar-refractivity contribution in [2.24, 2.45) is 0 Å². The predicted octanol–water partition coefficient (Wildman–Crippen LogP) is 2.59. The molecule has 0 bridgehead atoms. The molecule has 1 aromatic carbocycles. The van der Waals surface area contributed by atoms with Crippen LogP contribution < -0.4 is 10.1 Å². The molecule has 0 aliphatic rings. The molecule has 1 atom stereocenters. The van der Waals surface area contributed by atoms with Crippen LogP contribution in [0.1, 0.15) is 11.1 Å². The molecule has 2 N–H and O–H groups in total. The molecule has 0 radical (unpaired) electrons. The van der Waals surface area contributed by atoms with Gasteiger partial charge in [0.15, 0.2) is 0 Å². The number of hydrogen-bond acceptors (Lipinski definition) is 4. The topological polar surface area (TPSA) is 41.5 Å². The molecule has 2 aromatic rings. The van der Waals surface area contributed by atoms with Gasteiger partial charge in [0.1, 0.15) is 18.5 Å². The minimum atomic E-state index is -0.501. The Morgan fingerprint density at radius 3 is 2.74 bits per heavy atom. The van der Waals surface area contributed by atoms with Gasteiger partial charge in [-0.25, -0.2) is 0 Å². The summed E-state index contributed by atoms with van der Waals surface area (Å²) in [5.41, 5.74) is 2.59. The zero-order valence-electron chi connectivity index (χ0n) is 11.0. The van der Waals surface area contributed by atoms with E-state index in [0.717, 1.165) is 12.3 Å². The predicted molar refractivity (Wildman–Crippen MR) is 78.7 cm³/mol. The number of benzene rings is 1. The van der Waals surface area contributed by atoms with Crippen LogP contribution in [0.3, 0.4) is 0 Å². The van der Waals surface area contributed by atoms with E-state index in [1.54, 1.807) is 11.3 Å². The number of aliphatic hydroxyl groups is 1. The minimum Gasteiger partial charge on any atom is -0.491 e. The van der Waals surface area contributed by atoms with E-state index < -0.39 is 6.10 Å². The van der Waals surface area contributed by atoms with Gasteiger partial charge in [0.05, 0.1) is 0 Å². The van der Waals surface area contributed by atoms with Crippen LogP contribution >= 0.6 is 11.3 Å². The van der Waals surface area contributed by atoms with Crippen molar-refractivity contribution in [3.63, 3.8) is 0 Å². The molecule has 0 saturated carbocycles. The van der Waals surface area contributed by atoms with Gasteiger partial charge in [-0.15, -0.1) is 0 Å². The summed E-state index contributed by atoms with van der Waals surface area (Å²) in [5, 5.41) is 17.3. The normalized spacial score (nSPS) is 12.3. The van der Waals surface area contributed by atoms with Crippen LogP contribution in [-0.4, -0.2) is 24.4 Å². The summed E-state index contributed by atoms with van der Waals surface area (Å²) in [4.78, 5) is 0. The van der Waals surface area contributed by atoms with Crippen LogP contribution in [-0.2, 0) is 6.54 Å². The molecule has 3 nitrogen and oxygen atoms in total. The SMILES string of the molecule is Cc1cscc1CNCC(O)COc1ccccc1. The summed E-state index contributed by atoms with van der Waals surface area (Å²) in [6.07, 6.45) is -0.501. The number of rotatable bonds is 7. The summed E-state index contributed by atoms with van der Waals surface area (Å²) >= 11 is 1.71. The van der Waals surface area contributed by atoms with Gasteiger partial charge in [-0.05, 0) is 40.9 Å². The molecule has 0 aliphatic heterocycles. The number of aliphatic hydroxyl groups excluding tert-OH is 1. The lowest BCUT2D eigenvalue weighted by Crippen LogP contribution is -2.31. The maximum Gasteiger partial charge on any atom is 0.119 e. The quantitative estimate of drug-likeness (QED) is 0.817. The zero-order valence-corrected chi connectivity index (χ0v) is 11.8. The highest BCUT2D eigenvalue weighted by Gasteiger charge is 2.05. The number of hydrogen-bond donors (Lipinski definition) is 2. The average Bonchev–Trinajstić information content (AvgIpc) is 2.83. The molecule has 0 amide bonds. The molecule has 0 fully saturated rings. The monoisotopic (exact) mass is 277 g/mol. The summed E-state index contributed by atoms with van der Waals surface area (Å²) < 4.78 is 5.49. The van der Waals surface area contributed by atoms with Gasteiger partial charge in [0.2, 0.25) is 0 Å². The van der Waals surface area contributed by atoms with E-state index in [0.29, 0.717) is 13.2 Å². The summed E-state index contributed by atoms with van der Waals surface area (Å²) in [6, 6.07) is 9.54. The molecular weight excluding hydrogens is 258 g/mol. The highest BCUT2D eigenvalue weighted by molar-refractivity contribution is 7.08. The van der Waals surface area contributed by atoms with Crippen LogP contribution in [0.5, 0.6) is 5.75 Å². The first-order chi connectivity index (χ1) is 9.25. The number of para-hydroxylation sites is 1. The Kier molecular flexibility index (Phi) is 5.39. The second-order valence-electron chi connectivity index (χ2n) is 4.49. The number of thiophene rings is 1. The third-order valence-corrected chi connectivity index (χ3v) is 3.75. The molecule has 1 unspecified atom stereocenters. The fraction of sp³-hybridized carbons (Fsp3) is 0.333. The molecule has 0 spiro atoms. The molecule has 4 heteroatoms. The number of nitrogens with one attached hydrogen (secondary N) is 1. The Balaban J connectivity index is 1.65. The van der Waals surface area contributed by atoms with Gasteiger partial charge in [-0.2, -0.15) is 11.3 Å². The smallest absolute Gasteiger partial charge is 0.119 e. The first kappa shape index (κ1) is 14.1. The fourth-order valence-electron chi connectivity index (χ4n) is 1.71. The van der Waals surface area contributed by atoms with Crippen LogP contribution in [0, 0.1) is 6.92 Å². The Morgan fingerprint density at radius 2 is 2.05 bits per heavy atom. The van der Waals surface area contributed by atoms with Gasteiger partial charge in [0.25, 0.3) is 0 Å². The van der Waals surface area contributed by atoms with E-state index >= 15 is 0 Å². The fourth-order valence-corrected chi connectivity index (χ4v) is 2.57. The van der Waals surface area contributed by atoms with Gasteiger partial charge >= 0.3 is 0 Å². The largest absolute Gasteiger partial charge is 0.491 e. The molecule has 2 rings (SSSR count). The third-order valence-electron chi connectivity index (χ3n) is 2.84. The van der Waals surface area contributed by atoms with Crippen molar-refractivity contribution in [3.05, 3.63) is 52.2 Å². The highest BCUT2D eigenvalue weighted by atomic mass is 32.1. The molecule has 19 heavy (non-hydrogen) atoms. The van der Waals surface area contributed by atoms with Crippen LogP contribution in [0.15, 0.2) is 41.1 Å². The molecule has 1 aromatic heterocycles. The average molecular weight is 277 g/mol.